The quantitative estimate of drug-likeness (QED) is 0.664. The lowest BCUT2D eigenvalue weighted by Crippen LogP contribution is -2.51. The fourth-order valence-electron chi connectivity index (χ4n) is 5.18. The zero-order valence-corrected chi connectivity index (χ0v) is 20.2. The third-order valence-corrected chi connectivity index (χ3v) is 7.22. The average molecular weight is 500 g/mol. The lowest BCUT2D eigenvalue weighted by molar-refractivity contribution is -0.132. The van der Waals surface area contributed by atoms with Crippen LogP contribution in [0.5, 0.6) is 0 Å². The number of likely N-dealkylation sites (N-methyl/N-ethyl adjacent to an activating group) is 1. The van der Waals surface area contributed by atoms with Gasteiger partial charge < -0.3 is 19.8 Å². The number of carboxylic acid groups (broad SMARTS) is 1. The molecular formula is C25H27ClFN5O3. The Labute approximate surface area is 208 Å². The molecule has 0 spiro atoms. The molecule has 2 saturated heterocycles. The molecule has 0 radical (unpaired) electrons. The van der Waals surface area contributed by atoms with Crippen LogP contribution < -0.4 is 4.90 Å². The van der Waals surface area contributed by atoms with E-state index in [0.29, 0.717) is 29.9 Å². The second kappa shape index (κ2) is 10.5. The molecule has 10 heteroatoms. The number of rotatable bonds is 5. The SMILES string of the molecule is CCN(C(=O)O)[C@@H]1CN(C(=O)C2CCCCN2c2cc(C#N)ccn2)C[C@H]1c1ccc(Cl)c(F)c1. The van der Waals surface area contributed by atoms with Crippen LogP contribution in [-0.4, -0.2) is 70.2 Å². The Kier molecular flexibility index (Phi) is 7.41. The number of pyridine rings is 1. The van der Waals surface area contributed by atoms with Gasteiger partial charge in [-0.2, -0.15) is 5.26 Å². The number of benzene rings is 1. The van der Waals surface area contributed by atoms with Gasteiger partial charge >= 0.3 is 6.09 Å². The maximum absolute atomic E-state index is 14.3. The molecule has 1 aromatic heterocycles. The first-order valence-corrected chi connectivity index (χ1v) is 12.1. The number of amides is 2. The Morgan fingerprint density at radius 2 is 2.09 bits per heavy atom. The summed E-state index contributed by atoms with van der Waals surface area (Å²) < 4.78 is 14.3. The largest absolute Gasteiger partial charge is 0.465 e. The number of hydrogen-bond acceptors (Lipinski definition) is 5. The highest BCUT2D eigenvalue weighted by Gasteiger charge is 2.44. The highest BCUT2D eigenvalue weighted by molar-refractivity contribution is 6.30. The van der Waals surface area contributed by atoms with Gasteiger partial charge in [0, 0.05) is 38.3 Å². The summed E-state index contributed by atoms with van der Waals surface area (Å²) in [6.07, 6.45) is 2.90. The van der Waals surface area contributed by atoms with Crippen molar-refractivity contribution >= 4 is 29.4 Å². The van der Waals surface area contributed by atoms with Crippen LogP contribution in [0.3, 0.4) is 0 Å². The third kappa shape index (κ3) is 5.03. The molecule has 2 aliphatic rings. The summed E-state index contributed by atoms with van der Waals surface area (Å²) in [6, 6.07) is 8.91. The monoisotopic (exact) mass is 499 g/mol. The van der Waals surface area contributed by atoms with E-state index in [9.17, 15) is 24.3 Å². The fourth-order valence-corrected chi connectivity index (χ4v) is 5.30. The van der Waals surface area contributed by atoms with Crippen LogP contribution in [0.25, 0.3) is 0 Å². The van der Waals surface area contributed by atoms with Crippen molar-refractivity contribution in [2.75, 3.05) is 31.1 Å². The summed E-state index contributed by atoms with van der Waals surface area (Å²) in [6.45, 7) is 3.11. The van der Waals surface area contributed by atoms with Crippen molar-refractivity contribution in [3.05, 3.63) is 58.5 Å². The van der Waals surface area contributed by atoms with Crippen LogP contribution in [0.2, 0.25) is 5.02 Å². The Balaban J connectivity index is 1.63. The Morgan fingerprint density at radius 1 is 1.29 bits per heavy atom. The molecule has 0 saturated carbocycles. The number of piperidine rings is 1. The van der Waals surface area contributed by atoms with Crippen LogP contribution in [0, 0.1) is 17.1 Å². The minimum atomic E-state index is -1.08. The van der Waals surface area contributed by atoms with E-state index in [0.717, 1.165) is 12.8 Å². The second-order valence-electron chi connectivity index (χ2n) is 8.88. The molecule has 1 aromatic carbocycles. The molecule has 0 bridgehead atoms. The van der Waals surface area contributed by atoms with Crippen molar-refractivity contribution in [3.63, 3.8) is 0 Å². The number of likely N-dealkylation sites (tertiary alicyclic amines) is 1. The molecule has 2 amide bonds. The van der Waals surface area contributed by atoms with Gasteiger partial charge in [0.15, 0.2) is 0 Å². The molecule has 2 fully saturated rings. The van der Waals surface area contributed by atoms with Gasteiger partial charge in [-0.05, 0) is 56.0 Å². The molecule has 2 aromatic rings. The van der Waals surface area contributed by atoms with Crippen molar-refractivity contribution in [2.24, 2.45) is 0 Å². The maximum Gasteiger partial charge on any atom is 0.407 e. The van der Waals surface area contributed by atoms with Crippen molar-refractivity contribution in [1.82, 2.24) is 14.8 Å². The molecule has 0 aliphatic carbocycles. The number of carbonyl (C=O) groups is 2. The molecular weight excluding hydrogens is 473 g/mol. The van der Waals surface area contributed by atoms with Gasteiger partial charge in [-0.1, -0.05) is 17.7 Å². The van der Waals surface area contributed by atoms with Gasteiger partial charge in [-0.3, -0.25) is 4.79 Å². The topological polar surface area (TPSA) is 101 Å². The Morgan fingerprint density at radius 3 is 2.77 bits per heavy atom. The lowest BCUT2D eigenvalue weighted by atomic mass is 9.93. The number of carbonyl (C=O) groups excluding carboxylic acids is 1. The maximum atomic E-state index is 14.3. The van der Waals surface area contributed by atoms with E-state index in [1.807, 2.05) is 4.90 Å². The first-order valence-electron chi connectivity index (χ1n) is 11.7. The minimum absolute atomic E-state index is 0.00763. The number of hydrogen-bond donors (Lipinski definition) is 1. The molecule has 2 aliphatic heterocycles. The summed E-state index contributed by atoms with van der Waals surface area (Å²) in [7, 11) is 0. The summed E-state index contributed by atoms with van der Waals surface area (Å²) in [4.78, 5) is 35.1. The van der Waals surface area contributed by atoms with Gasteiger partial charge in [-0.25, -0.2) is 14.2 Å². The van der Waals surface area contributed by atoms with E-state index < -0.39 is 24.0 Å². The molecule has 184 valence electrons. The van der Waals surface area contributed by atoms with Gasteiger partial charge in [0.05, 0.1) is 22.7 Å². The fraction of sp³-hybridized carbons (Fsp3) is 0.440. The molecule has 35 heavy (non-hydrogen) atoms. The van der Waals surface area contributed by atoms with E-state index in [-0.39, 0.29) is 36.5 Å². The average Bonchev–Trinajstić information content (AvgIpc) is 3.30. The number of aromatic nitrogens is 1. The molecule has 4 rings (SSSR count). The van der Waals surface area contributed by atoms with E-state index in [2.05, 4.69) is 11.1 Å². The third-order valence-electron chi connectivity index (χ3n) is 6.92. The van der Waals surface area contributed by atoms with E-state index >= 15 is 0 Å². The standard InChI is InChI=1S/C25H27ClFN5O3/c1-2-31(25(34)35)22-15-30(14-18(22)17-6-7-19(26)20(27)12-17)24(33)21-5-3-4-10-32(21)23-11-16(13-28)8-9-29-23/h6-9,11-12,18,21-22H,2-5,10,14-15H2,1H3,(H,34,35)/t18-,21?,22+/m0/s1. The second-order valence-corrected chi connectivity index (χ2v) is 9.29. The van der Waals surface area contributed by atoms with Crippen LogP contribution in [0.4, 0.5) is 15.0 Å². The zero-order chi connectivity index (χ0) is 25.1. The van der Waals surface area contributed by atoms with Crippen molar-refractivity contribution in [2.45, 2.75) is 44.2 Å². The zero-order valence-electron chi connectivity index (χ0n) is 19.4. The van der Waals surface area contributed by atoms with Gasteiger partial charge in [0.25, 0.3) is 0 Å². The Bertz CT molecular complexity index is 1160. The molecule has 1 unspecified atom stereocenters. The number of anilines is 1. The summed E-state index contributed by atoms with van der Waals surface area (Å²) in [5, 5.41) is 19.1. The molecule has 1 N–H and O–H groups in total. The first kappa shape index (κ1) is 24.7. The number of nitrogens with zero attached hydrogens (tertiary/aromatic N) is 5. The van der Waals surface area contributed by atoms with Crippen LogP contribution >= 0.6 is 11.6 Å². The highest BCUT2D eigenvalue weighted by Crippen LogP contribution is 2.35. The summed E-state index contributed by atoms with van der Waals surface area (Å²) in [5.41, 5.74) is 1.08. The smallest absolute Gasteiger partial charge is 0.407 e. The van der Waals surface area contributed by atoms with Crippen LogP contribution in [0.15, 0.2) is 36.5 Å². The normalized spacial score (nSPS) is 22.1. The van der Waals surface area contributed by atoms with Crippen molar-refractivity contribution in [3.8, 4) is 6.07 Å². The highest BCUT2D eigenvalue weighted by atomic mass is 35.5. The lowest BCUT2D eigenvalue weighted by Gasteiger charge is -2.37. The summed E-state index contributed by atoms with van der Waals surface area (Å²) >= 11 is 5.86. The van der Waals surface area contributed by atoms with Gasteiger partial charge in [0.2, 0.25) is 5.91 Å². The van der Waals surface area contributed by atoms with Crippen molar-refractivity contribution < 1.29 is 19.1 Å². The molecule has 3 atom stereocenters. The van der Waals surface area contributed by atoms with E-state index in [1.165, 1.54) is 17.0 Å². The first-order chi connectivity index (χ1) is 16.8. The number of halogens is 2. The van der Waals surface area contributed by atoms with Gasteiger partial charge in [-0.15, -0.1) is 0 Å². The predicted octanol–water partition coefficient (Wildman–Crippen LogP) is 4.10. The van der Waals surface area contributed by atoms with Crippen molar-refractivity contribution in [1.29, 1.82) is 5.26 Å². The predicted molar refractivity (Wildman–Crippen MR) is 129 cm³/mol. The molecule has 3 heterocycles. The molecule has 8 nitrogen and oxygen atoms in total. The van der Waals surface area contributed by atoms with Crippen LogP contribution in [-0.2, 0) is 4.79 Å². The van der Waals surface area contributed by atoms with Gasteiger partial charge in [0.1, 0.15) is 17.7 Å². The van der Waals surface area contributed by atoms with E-state index in [1.54, 1.807) is 36.2 Å². The summed E-state index contributed by atoms with van der Waals surface area (Å²) in [5.74, 6) is -0.501. The number of nitriles is 1. The van der Waals surface area contributed by atoms with E-state index in [4.69, 9.17) is 11.6 Å². The van der Waals surface area contributed by atoms with Crippen LogP contribution in [0.1, 0.15) is 43.2 Å². The Hall–Kier alpha value is -3.38. The minimum Gasteiger partial charge on any atom is -0.465 e.